The van der Waals surface area contributed by atoms with Crippen molar-refractivity contribution in [1.82, 2.24) is 30.1 Å². The van der Waals surface area contributed by atoms with E-state index in [2.05, 4.69) is 49.7 Å². The van der Waals surface area contributed by atoms with Crippen molar-refractivity contribution in [3.63, 3.8) is 0 Å². The molecule has 0 amide bonds. The number of ether oxygens (including phenoxy) is 2. The molecule has 0 bridgehead atoms. The lowest BCUT2D eigenvalue weighted by Gasteiger charge is -2.34. The molecule has 0 unspecified atom stereocenters. The van der Waals surface area contributed by atoms with Gasteiger partial charge in [-0.2, -0.15) is 0 Å². The molecule has 0 saturated carbocycles. The Morgan fingerprint density at radius 1 is 1.15 bits per heavy atom. The Labute approximate surface area is 197 Å². The van der Waals surface area contributed by atoms with Gasteiger partial charge in [0.25, 0.3) is 5.56 Å². The molecule has 176 valence electrons. The number of tetrazole rings is 1. The molecule has 0 saturated heterocycles. The molecule has 3 heterocycles. The minimum absolute atomic E-state index is 0.151. The Morgan fingerprint density at radius 3 is 2.82 bits per heavy atom. The van der Waals surface area contributed by atoms with Crippen LogP contribution in [0.4, 0.5) is 0 Å². The number of pyridine rings is 1. The van der Waals surface area contributed by atoms with Crippen LogP contribution in [0.25, 0.3) is 10.9 Å². The van der Waals surface area contributed by atoms with Crippen molar-refractivity contribution in [3.8, 4) is 5.75 Å². The van der Waals surface area contributed by atoms with Crippen LogP contribution in [0.3, 0.4) is 0 Å². The highest BCUT2D eigenvalue weighted by atomic mass is 16.5. The summed E-state index contributed by atoms with van der Waals surface area (Å²) in [5.41, 5.74) is 3.81. The van der Waals surface area contributed by atoms with Crippen LogP contribution in [0.5, 0.6) is 5.75 Å². The Kier molecular flexibility index (Phi) is 6.37. The maximum atomic E-state index is 13.4. The van der Waals surface area contributed by atoms with Gasteiger partial charge in [-0.05, 0) is 59.2 Å². The van der Waals surface area contributed by atoms with E-state index in [0.29, 0.717) is 37.7 Å². The van der Waals surface area contributed by atoms with E-state index in [1.807, 2.05) is 31.2 Å². The summed E-state index contributed by atoms with van der Waals surface area (Å²) in [6, 6.07) is 15.7. The normalized spacial score (nSPS) is 14.8. The summed E-state index contributed by atoms with van der Waals surface area (Å²) in [4.78, 5) is 18.7. The third kappa shape index (κ3) is 4.32. The first-order chi connectivity index (χ1) is 16.7. The number of nitrogens with one attached hydrogen (secondary N) is 1. The lowest BCUT2D eigenvalue weighted by atomic mass is 9.96. The van der Waals surface area contributed by atoms with Crippen molar-refractivity contribution in [2.24, 2.45) is 0 Å². The van der Waals surface area contributed by atoms with Crippen molar-refractivity contribution >= 4 is 10.9 Å². The number of hydrogen-bond acceptors (Lipinski definition) is 7. The van der Waals surface area contributed by atoms with Gasteiger partial charge in [-0.25, -0.2) is 4.68 Å². The number of nitrogens with zero attached hydrogens (tertiary/aromatic N) is 5. The van der Waals surface area contributed by atoms with E-state index in [0.717, 1.165) is 29.6 Å². The molecule has 2 aromatic carbocycles. The molecule has 9 heteroatoms. The number of fused-ring (bicyclic) bond motifs is 2. The molecule has 2 aromatic heterocycles. The summed E-state index contributed by atoms with van der Waals surface area (Å²) < 4.78 is 12.7. The molecule has 1 atom stereocenters. The van der Waals surface area contributed by atoms with Gasteiger partial charge in [0.2, 0.25) is 0 Å². The van der Waals surface area contributed by atoms with E-state index in [4.69, 9.17) is 9.47 Å². The average molecular weight is 461 g/mol. The lowest BCUT2D eigenvalue weighted by Crippen LogP contribution is -2.38. The molecule has 34 heavy (non-hydrogen) atoms. The van der Waals surface area contributed by atoms with Gasteiger partial charge in [0, 0.05) is 36.7 Å². The van der Waals surface area contributed by atoms with Crippen molar-refractivity contribution in [3.05, 3.63) is 81.4 Å². The van der Waals surface area contributed by atoms with Gasteiger partial charge in [-0.3, -0.25) is 9.69 Å². The highest BCUT2D eigenvalue weighted by Gasteiger charge is 2.32. The number of H-pyrrole nitrogens is 1. The van der Waals surface area contributed by atoms with Crippen LogP contribution in [-0.4, -0.2) is 57.0 Å². The Bertz CT molecular complexity index is 1350. The van der Waals surface area contributed by atoms with E-state index < -0.39 is 6.04 Å². The second kappa shape index (κ2) is 9.74. The highest BCUT2D eigenvalue weighted by Crippen LogP contribution is 2.32. The van der Waals surface area contributed by atoms with E-state index in [9.17, 15) is 4.79 Å². The minimum atomic E-state index is -0.413. The fraction of sp³-hybridized carbons (Fsp3) is 0.360. The third-order valence-electron chi connectivity index (χ3n) is 6.29. The number of aromatic nitrogens is 5. The molecule has 0 aliphatic carbocycles. The van der Waals surface area contributed by atoms with Gasteiger partial charge in [0.05, 0.1) is 19.8 Å². The maximum Gasteiger partial charge on any atom is 0.253 e. The molecule has 0 spiro atoms. The number of methoxy groups -OCH3 is 1. The second-order valence-electron chi connectivity index (χ2n) is 8.38. The summed E-state index contributed by atoms with van der Waals surface area (Å²) in [6.07, 6.45) is 0.895. The fourth-order valence-corrected chi connectivity index (χ4v) is 4.64. The second-order valence-corrected chi connectivity index (χ2v) is 8.38. The molecular formula is C25H28N6O3. The average Bonchev–Trinajstić information content (AvgIpc) is 3.31. The van der Waals surface area contributed by atoms with Gasteiger partial charge in [-0.1, -0.05) is 24.3 Å². The predicted molar refractivity (Wildman–Crippen MR) is 128 cm³/mol. The van der Waals surface area contributed by atoms with Crippen molar-refractivity contribution in [1.29, 1.82) is 0 Å². The smallest absolute Gasteiger partial charge is 0.253 e. The van der Waals surface area contributed by atoms with Crippen LogP contribution in [0.15, 0.2) is 53.3 Å². The quantitative estimate of drug-likeness (QED) is 0.432. The Morgan fingerprint density at radius 2 is 2.00 bits per heavy atom. The Hall–Kier alpha value is -3.56. The van der Waals surface area contributed by atoms with Crippen LogP contribution in [0.2, 0.25) is 0 Å². The molecule has 1 aliphatic rings. The molecule has 1 aliphatic heterocycles. The van der Waals surface area contributed by atoms with E-state index in [1.54, 1.807) is 11.8 Å². The molecule has 4 aromatic rings. The van der Waals surface area contributed by atoms with Crippen LogP contribution in [0.1, 0.15) is 35.5 Å². The topological polar surface area (TPSA) is 98.2 Å². The summed E-state index contributed by atoms with van der Waals surface area (Å²) in [6.45, 7) is 4.99. The fourth-order valence-electron chi connectivity index (χ4n) is 4.64. The minimum Gasteiger partial charge on any atom is -0.494 e. The van der Waals surface area contributed by atoms with Crippen LogP contribution < -0.4 is 10.3 Å². The number of benzene rings is 2. The van der Waals surface area contributed by atoms with Crippen molar-refractivity contribution < 1.29 is 9.47 Å². The van der Waals surface area contributed by atoms with Gasteiger partial charge in [0.15, 0.2) is 5.82 Å². The van der Waals surface area contributed by atoms with Crippen molar-refractivity contribution in [2.45, 2.75) is 32.5 Å². The molecule has 0 radical (unpaired) electrons. The van der Waals surface area contributed by atoms with Gasteiger partial charge in [0.1, 0.15) is 11.8 Å². The zero-order valence-electron chi connectivity index (χ0n) is 19.4. The zero-order chi connectivity index (χ0) is 23.5. The largest absolute Gasteiger partial charge is 0.494 e. The summed E-state index contributed by atoms with van der Waals surface area (Å²) in [5, 5.41) is 13.4. The maximum absolute atomic E-state index is 13.4. The molecular weight excluding hydrogens is 432 g/mol. The zero-order valence-corrected chi connectivity index (χ0v) is 19.4. The third-order valence-corrected chi connectivity index (χ3v) is 6.29. The van der Waals surface area contributed by atoms with E-state index in [1.165, 1.54) is 11.1 Å². The molecule has 5 rings (SSSR count). The monoisotopic (exact) mass is 460 g/mol. The lowest BCUT2D eigenvalue weighted by molar-refractivity contribution is 0.169. The summed E-state index contributed by atoms with van der Waals surface area (Å²) >= 11 is 0. The first-order valence-corrected chi connectivity index (χ1v) is 11.5. The Balaban J connectivity index is 1.63. The molecule has 0 fully saturated rings. The van der Waals surface area contributed by atoms with E-state index >= 15 is 0 Å². The first kappa shape index (κ1) is 22.2. The van der Waals surface area contributed by atoms with Crippen LogP contribution in [0, 0.1) is 0 Å². The standard InChI is InChI=1S/C25H28N6O3/c1-3-34-20-8-9-22-19(14-20)15-21(25(32)26-22)23(24-27-28-29-31(24)12-13-33-2)30-11-10-17-6-4-5-7-18(17)16-30/h4-9,14-15,23H,3,10-13,16H2,1-2H3,(H,26,32)/t23-/m1/s1. The molecule has 9 nitrogen and oxygen atoms in total. The number of hydrogen-bond donors (Lipinski definition) is 1. The SMILES string of the molecule is CCOc1ccc2[nH]c(=O)c([C@H](c3nnnn3CCOC)N3CCc4ccccc4C3)cc2c1. The number of aromatic amines is 1. The van der Waals surface area contributed by atoms with E-state index in [-0.39, 0.29) is 5.56 Å². The van der Waals surface area contributed by atoms with Crippen LogP contribution >= 0.6 is 0 Å². The van der Waals surface area contributed by atoms with Gasteiger partial charge >= 0.3 is 0 Å². The van der Waals surface area contributed by atoms with Gasteiger partial charge < -0.3 is 14.5 Å². The highest BCUT2D eigenvalue weighted by molar-refractivity contribution is 5.80. The first-order valence-electron chi connectivity index (χ1n) is 11.5. The summed E-state index contributed by atoms with van der Waals surface area (Å²) in [5.74, 6) is 1.39. The molecule has 1 N–H and O–H groups in total. The van der Waals surface area contributed by atoms with Gasteiger partial charge in [-0.15, -0.1) is 5.10 Å². The predicted octanol–water partition coefficient (Wildman–Crippen LogP) is 2.71. The number of rotatable bonds is 8. The van der Waals surface area contributed by atoms with Crippen LogP contribution in [-0.2, 0) is 24.2 Å². The summed E-state index contributed by atoms with van der Waals surface area (Å²) in [7, 11) is 1.65. The van der Waals surface area contributed by atoms with Crippen molar-refractivity contribution in [2.75, 3.05) is 26.9 Å².